The number of carbonyl (C=O) groups is 1. The predicted octanol–water partition coefficient (Wildman–Crippen LogP) is 3.65. The van der Waals surface area contributed by atoms with Gasteiger partial charge in [-0.25, -0.2) is 9.18 Å². The number of aromatic nitrogens is 3. The SMILES string of the molecule is CCn1cc(NC(=O)Nc2noc(-c3ccccc3F)c2C)cn1. The molecule has 0 unspecified atom stereocenters. The molecule has 2 amide bonds. The van der Waals surface area contributed by atoms with Crippen LogP contribution >= 0.6 is 0 Å². The molecule has 2 heterocycles. The Morgan fingerprint density at radius 2 is 2.12 bits per heavy atom. The monoisotopic (exact) mass is 329 g/mol. The summed E-state index contributed by atoms with van der Waals surface area (Å²) in [5.74, 6) is 0.0931. The fraction of sp³-hybridized carbons (Fsp3) is 0.188. The first-order valence-corrected chi connectivity index (χ1v) is 7.40. The Bertz CT molecular complexity index is 871. The second kappa shape index (κ2) is 6.53. The number of urea groups is 1. The van der Waals surface area contributed by atoms with E-state index in [1.165, 1.54) is 6.07 Å². The number of amides is 2. The van der Waals surface area contributed by atoms with Crippen LogP contribution in [-0.4, -0.2) is 21.0 Å². The molecular formula is C16H16FN5O2. The van der Waals surface area contributed by atoms with Crippen molar-refractivity contribution in [2.24, 2.45) is 0 Å². The van der Waals surface area contributed by atoms with Crippen LogP contribution in [0.3, 0.4) is 0 Å². The second-order valence-corrected chi connectivity index (χ2v) is 5.13. The highest BCUT2D eigenvalue weighted by Gasteiger charge is 2.18. The van der Waals surface area contributed by atoms with Crippen molar-refractivity contribution in [1.82, 2.24) is 14.9 Å². The van der Waals surface area contributed by atoms with Crippen molar-refractivity contribution in [1.29, 1.82) is 0 Å². The molecule has 0 saturated heterocycles. The van der Waals surface area contributed by atoms with E-state index < -0.39 is 11.8 Å². The van der Waals surface area contributed by atoms with Crippen molar-refractivity contribution in [3.8, 4) is 11.3 Å². The molecule has 0 fully saturated rings. The largest absolute Gasteiger partial charge is 0.354 e. The molecule has 3 rings (SSSR count). The van der Waals surface area contributed by atoms with Gasteiger partial charge in [-0.2, -0.15) is 5.10 Å². The third-order valence-corrected chi connectivity index (χ3v) is 3.49. The number of anilines is 2. The molecule has 2 N–H and O–H groups in total. The zero-order chi connectivity index (χ0) is 17.1. The summed E-state index contributed by atoms with van der Waals surface area (Å²) in [6.07, 6.45) is 3.25. The maximum absolute atomic E-state index is 13.9. The van der Waals surface area contributed by atoms with Gasteiger partial charge in [-0.3, -0.25) is 10.00 Å². The summed E-state index contributed by atoms with van der Waals surface area (Å²) in [6, 6.07) is 5.73. The summed E-state index contributed by atoms with van der Waals surface area (Å²) in [5.41, 5.74) is 1.39. The molecule has 3 aromatic rings. The Kier molecular flexibility index (Phi) is 4.28. The molecule has 1 aromatic carbocycles. The van der Waals surface area contributed by atoms with Gasteiger partial charge in [0, 0.05) is 18.3 Å². The fourth-order valence-corrected chi connectivity index (χ4v) is 2.22. The molecule has 0 bridgehead atoms. The van der Waals surface area contributed by atoms with Crippen molar-refractivity contribution in [3.05, 3.63) is 48.0 Å². The molecule has 0 spiro atoms. The summed E-state index contributed by atoms with van der Waals surface area (Å²) >= 11 is 0. The molecule has 24 heavy (non-hydrogen) atoms. The normalized spacial score (nSPS) is 10.6. The zero-order valence-electron chi connectivity index (χ0n) is 13.2. The van der Waals surface area contributed by atoms with E-state index in [9.17, 15) is 9.18 Å². The van der Waals surface area contributed by atoms with Crippen molar-refractivity contribution in [3.63, 3.8) is 0 Å². The average Bonchev–Trinajstić information content (AvgIpc) is 3.16. The first-order valence-electron chi connectivity index (χ1n) is 7.40. The van der Waals surface area contributed by atoms with Crippen LogP contribution < -0.4 is 10.6 Å². The Labute approximate surface area is 137 Å². The maximum Gasteiger partial charge on any atom is 0.325 e. The van der Waals surface area contributed by atoms with Crippen LogP contribution in [0, 0.1) is 12.7 Å². The second-order valence-electron chi connectivity index (χ2n) is 5.13. The van der Waals surface area contributed by atoms with E-state index in [0.29, 0.717) is 23.4 Å². The molecule has 2 aromatic heterocycles. The summed E-state index contributed by atoms with van der Waals surface area (Å²) in [5, 5.41) is 13.1. The number of nitrogens with one attached hydrogen (secondary N) is 2. The molecule has 0 aliphatic carbocycles. The predicted molar refractivity (Wildman–Crippen MR) is 87.2 cm³/mol. The van der Waals surface area contributed by atoms with Crippen molar-refractivity contribution < 1.29 is 13.7 Å². The Morgan fingerprint density at radius 3 is 2.83 bits per heavy atom. The minimum Gasteiger partial charge on any atom is -0.354 e. The number of rotatable bonds is 4. The third kappa shape index (κ3) is 3.12. The van der Waals surface area contributed by atoms with Gasteiger partial charge < -0.3 is 9.84 Å². The lowest BCUT2D eigenvalue weighted by molar-refractivity contribution is 0.262. The molecule has 7 nitrogen and oxygen atoms in total. The molecule has 0 saturated carbocycles. The number of hydrogen-bond donors (Lipinski definition) is 2. The topological polar surface area (TPSA) is 85.0 Å². The van der Waals surface area contributed by atoms with Crippen molar-refractivity contribution in [2.75, 3.05) is 10.6 Å². The Hall–Kier alpha value is -3.16. The highest BCUT2D eigenvalue weighted by atomic mass is 19.1. The average molecular weight is 329 g/mol. The molecule has 8 heteroatoms. The van der Waals surface area contributed by atoms with Gasteiger partial charge >= 0.3 is 6.03 Å². The van der Waals surface area contributed by atoms with E-state index in [2.05, 4.69) is 20.9 Å². The molecule has 0 radical (unpaired) electrons. The Morgan fingerprint density at radius 1 is 1.33 bits per heavy atom. The Balaban J connectivity index is 1.74. The van der Waals surface area contributed by atoms with Crippen LogP contribution in [0.1, 0.15) is 12.5 Å². The number of hydrogen-bond acceptors (Lipinski definition) is 4. The first kappa shape index (κ1) is 15.7. The summed E-state index contributed by atoms with van der Waals surface area (Å²) in [6.45, 7) is 4.35. The summed E-state index contributed by atoms with van der Waals surface area (Å²) in [4.78, 5) is 12.0. The lowest BCUT2D eigenvalue weighted by atomic mass is 10.1. The minimum atomic E-state index is -0.484. The van der Waals surface area contributed by atoms with Crippen LogP contribution in [-0.2, 0) is 6.54 Å². The molecule has 0 aliphatic heterocycles. The van der Waals surface area contributed by atoms with Gasteiger partial charge in [0.2, 0.25) is 0 Å². The van der Waals surface area contributed by atoms with Gasteiger partial charge in [-0.1, -0.05) is 17.3 Å². The van der Waals surface area contributed by atoms with Crippen LogP contribution in [0.2, 0.25) is 0 Å². The van der Waals surface area contributed by atoms with Gasteiger partial charge in [0.25, 0.3) is 0 Å². The van der Waals surface area contributed by atoms with E-state index in [1.54, 1.807) is 42.2 Å². The summed E-state index contributed by atoms with van der Waals surface area (Å²) in [7, 11) is 0. The molecule has 0 atom stereocenters. The van der Waals surface area contributed by atoms with E-state index in [1.807, 2.05) is 6.92 Å². The quantitative estimate of drug-likeness (QED) is 0.765. The highest BCUT2D eigenvalue weighted by molar-refractivity contribution is 5.99. The third-order valence-electron chi connectivity index (χ3n) is 3.49. The number of halogens is 1. The number of benzene rings is 1. The van der Waals surface area contributed by atoms with Gasteiger partial charge in [0.1, 0.15) is 5.82 Å². The van der Waals surface area contributed by atoms with Crippen molar-refractivity contribution in [2.45, 2.75) is 20.4 Å². The van der Waals surface area contributed by atoms with E-state index in [-0.39, 0.29) is 11.6 Å². The van der Waals surface area contributed by atoms with Crippen molar-refractivity contribution >= 4 is 17.5 Å². The van der Waals surface area contributed by atoms with Gasteiger partial charge in [0.15, 0.2) is 11.6 Å². The fourth-order valence-electron chi connectivity index (χ4n) is 2.22. The molecular weight excluding hydrogens is 313 g/mol. The lowest BCUT2D eigenvalue weighted by Gasteiger charge is -2.03. The van der Waals surface area contributed by atoms with E-state index in [0.717, 1.165) is 0 Å². The standard InChI is InChI=1S/C16H16FN5O2/c1-3-22-9-11(8-18-22)19-16(23)20-15-10(2)14(24-21-15)12-6-4-5-7-13(12)17/h4-9H,3H2,1-2H3,(H2,19,20,21,23). The number of nitrogens with zero attached hydrogens (tertiary/aromatic N) is 3. The van der Waals surface area contributed by atoms with Crippen LogP contribution in [0.15, 0.2) is 41.2 Å². The van der Waals surface area contributed by atoms with Gasteiger partial charge in [0.05, 0.1) is 17.4 Å². The summed E-state index contributed by atoms with van der Waals surface area (Å²) < 4.78 is 20.7. The van der Waals surface area contributed by atoms with Crippen LogP contribution in [0.4, 0.5) is 20.7 Å². The minimum absolute atomic E-state index is 0.230. The molecule has 0 aliphatic rings. The number of carbonyl (C=O) groups excluding carboxylic acids is 1. The lowest BCUT2D eigenvalue weighted by Crippen LogP contribution is -2.19. The van der Waals surface area contributed by atoms with Gasteiger partial charge in [-0.15, -0.1) is 0 Å². The van der Waals surface area contributed by atoms with E-state index in [4.69, 9.17) is 4.52 Å². The first-order chi connectivity index (χ1) is 11.6. The van der Waals surface area contributed by atoms with E-state index >= 15 is 0 Å². The smallest absolute Gasteiger partial charge is 0.325 e. The van der Waals surface area contributed by atoms with Gasteiger partial charge in [-0.05, 0) is 26.0 Å². The van der Waals surface area contributed by atoms with Crippen LogP contribution in [0.5, 0.6) is 0 Å². The number of aryl methyl sites for hydroxylation is 1. The highest BCUT2D eigenvalue weighted by Crippen LogP contribution is 2.30. The maximum atomic E-state index is 13.9. The zero-order valence-corrected chi connectivity index (χ0v) is 13.2. The van der Waals surface area contributed by atoms with Crippen LogP contribution in [0.25, 0.3) is 11.3 Å². The molecule has 124 valence electrons.